The highest BCUT2D eigenvalue weighted by Gasteiger charge is 2.35. The molecule has 1 aliphatic rings. The molecule has 33 heavy (non-hydrogen) atoms. The van der Waals surface area contributed by atoms with E-state index in [1.54, 1.807) is 19.2 Å². The molecule has 0 aromatic heterocycles. The van der Waals surface area contributed by atoms with Gasteiger partial charge in [-0.3, -0.25) is 9.59 Å². The molecule has 4 atom stereocenters. The number of rotatable bonds is 8. The van der Waals surface area contributed by atoms with Crippen LogP contribution in [0.5, 0.6) is 5.75 Å². The van der Waals surface area contributed by atoms with Crippen LogP contribution in [0.4, 0.5) is 4.39 Å². The van der Waals surface area contributed by atoms with Crippen LogP contribution in [0.1, 0.15) is 50.3 Å². The average molecular weight is 475 g/mol. The first-order valence-corrected chi connectivity index (χ1v) is 11.9. The van der Waals surface area contributed by atoms with Gasteiger partial charge in [0.05, 0.1) is 7.11 Å². The van der Waals surface area contributed by atoms with E-state index in [0.717, 1.165) is 24.8 Å². The number of hydrogen-bond donors (Lipinski definition) is 1. The largest absolute Gasteiger partial charge is 0.497 e. The van der Waals surface area contributed by atoms with Crippen LogP contribution in [-0.4, -0.2) is 35.7 Å². The predicted octanol–water partition coefficient (Wildman–Crippen LogP) is 5.08. The molecule has 1 fully saturated rings. The Morgan fingerprint density at radius 3 is 2.58 bits per heavy atom. The third-order valence-corrected chi connectivity index (χ3v) is 6.93. The minimum Gasteiger partial charge on any atom is -0.497 e. The Morgan fingerprint density at radius 1 is 1.18 bits per heavy atom. The second kappa shape index (κ2) is 11.5. The molecule has 7 heteroatoms. The zero-order chi connectivity index (χ0) is 24.0. The molecule has 0 bridgehead atoms. The van der Waals surface area contributed by atoms with Crippen molar-refractivity contribution in [2.45, 2.75) is 51.7 Å². The van der Waals surface area contributed by atoms with Crippen LogP contribution in [0.3, 0.4) is 0 Å². The molecular weight excluding hydrogens is 443 g/mol. The number of methoxy groups -OCH3 is 1. The van der Waals surface area contributed by atoms with E-state index in [1.165, 1.54) is 17.0 Å². The van der Waals surface area contributed by atoms with E-state index in [0.29, 0.717) is 23.1 Å². The average Bonchev–Trinajstić information content (AvgIpc) is 2.82. The fraction of sp³-hybridized carbons (Fsp3) is 0.462. The molecule has 1 N–H and O–H groups in total. The normalized spacial score (nSPS) is 21.2. The molecule has 0 saturated heterocycles. The van der Waals surface area contributed by atoms with Crippen LogP contribution in [0.2, 0.25) is 0 Å². The number of amides is 2. The molecule has 5 nitrogen and oxygen atoms in total. The van der Waals surface area contributed by atoms with E-state index in [2.05, 4.69) is 19.2 Å². The first kappa shape index (κ1) is 25.0. The maximum absolute atomic E-state index is 13.7. The molecular formula is C26H32ClFN2O3. The van der Waals surface area contributed by atoms with Gasteiger partial charge < -0.3 is 15.0 Å². The fourth-order valence-electron chi connectivity index (χ4n) is 4.53. The van der Waals surface area contributed by atoms with Crippen molar-refractivity contribution in [1.29, 1.82) is 0 Å². The zero-order valence-electron chi connectivity index (χ0n) is 19.4. The molecule has 0 spiro atoms. The Labute approximate surface area is 200 Å². The summed E-state index contributed by atoms with van der Waals surface area (Å²) >= 11 is 5.96. The van der Waals surface area contributed by atoms with Gasteiger partial charge in [0.25, 0.3) is 0 Å². The summed E-state index contributed by atoms with van der Waals surface area (Å²) in [5.41, 5.74) is 1.33. The Balaban J connectivity index is 1.96. The SMILES string of the molecule is COc1cccc(CN(C(=O)CCl)[C@H](C(=O)N[C@@H]2CCC[C@H](C)[C@H]2C)c2ccc(F)cc2)c1. The molecule has 3 rings (SSSR count). The van der Waals surface area contributed by atoms with Crippen molar-refractivity contribution in [2.24, 2.45) is 11.8 Å². The molecule has 178 valence electrons. The van der Waals surface area contributed by atoms with Crippen molar-refractivity contribution < 1.29 is 18.7 Å². The summed E-state index contributed by atoms with van der Waals surface area (Å²) in [5.74, 6) is 0.140. The zero-order valence-corrected chi connectivity index (χ0v) is 20.1. The maximum Gasteiger partial charge on any atom is 0.247 e. The summed E-state index contributed by atoms with van der Waals surface area (Å²) in [4.78, 5) is 28.1. The van der Waals surface area contributed by atoms with Gasteiger partial charge in [0.1, 0.15) is 23.5 Å². The van der Waals surface area contributed by atoms with Crippen molar-refractivity contribution in [3.8, 4) is 5.75 Å². The van der Waals surface area contributed by atoms with E-state index >= 15 is 0 Å². The Morgan fingerprint density at radius 2 is 1.91 bits per heavy atom. The van der Waals surface area contributed by atoms with Crippen LogP contribution in [0.25, 0.3) is 0 Å². The predicted molar refractivity (Wildman–Crippen MR) is 128 cm³/mol. The van der Waals surface area contributed by atoms with Crippen molar-refractivity contribution in [2.75, 3.05) is 13.0 Å². The van der Waals surface area contributed by atoms with Crippen LogP contribution < -0.4 is 10.1 Å². The summed E-state index contributed by atoms with van der Waals surface area (Å²) in [6, 6.07) is 12.1. The van der Waals surface area contributed by atoms with Crippen molar-refractivity contribution in [3.05, 3.63) is 65.5 Å². The highest BCUT2D eigenvalue weighted by atomic mass is 35.5. The second-order valence-electron chi connectivity index (χ2n) is 8.84. The van der Waals surface area contributed by atoms with Gasteiger partial charge in [-0.15, -0.1) is 11.6 Å². The van der Waals surface area contributed by atoms with Crippen molar-refractivity contribution in [1.82, 2.24) is 10.2 Å². The molecule has 0 radical (unpaired) electrons. The molecule has 1 saturated carbocycles. The second-order valence-corrected chi connectivity index (χ2v) is 9.11. The third kappa shape index (κ3) is 6.26. The number of nitrogens with zero attached hydrogens (tertiary/aromatic N) is 1. The molecule has 2 aromatic rings. The molecule has 2 amide bonds. The minimum absolute atomic E-state index is 0.0222. The third-order valence-electron chi connectivity index (χ3n) is 6.70. The van der Waals surface area contributed by atoms with Gasteiger partial charge in [0.2, 0.25) is 11.8 Å². The number of nitrogens with one attached hydrogen (secondary N) is 1. The first-order valence-electron chi connectivity index (χ1n) is 11.4. The lowest BCUT2D eigenvalue weighted by molar-refractivity contribution is -0.140. The van der Waals surface area contributed by atoms with Crippen LogP contribution in [0, 0.1) is 17.7 Å². The number of alkyl halides is 1. The number of benzene rings is 2. The quantitative estimate of drug-likeness (QED) is 0.542. The Hall–Kier alpha value is -2.60. The molecule has 1 aliphatic carbocycles. The highest BCUT2D eigenvalue weighted by molar-refractivity contribution is 6.27. The number of hydrogen-bond acceptors (Lipinski definition) is 3. The van der Waals surface area contributed by atoms with Crippen LogP contribution in [-0.2, 0) is 16.1 Å². The molecule has 2 aromatic carbocycles. The summed E-state index contributed by atoms with van der Waals surface area (Å²) < 4.78 is 19.0. The van der Waals surface area contributed by atoms with E-state index in [9.17, 15) is 14.0 Å². The Bertz CT molecular complexity index is 953. The van der Waals surface area contributed by atoms with Gasteiger partial charge in [-0.25, -0.2) is 4.39 Å². The van der Waals surface area contributed by atoms with Gasteiger partial charge in [-0.2, -0.15) is 0 Å². The molecule has 0 heterocycles. The summed E-state index contributed by atoms with van der Waals surface area (Å²) in [6.07, 6.45) is 3.08. The van der Waals surface area contributed by atoms with Crippen LogP contribution in [0.15, 0.2) is 48.5 Å². The standard InChI is InChI=1S/C26H32ClFN2O3/c1-17-6-4-9-23(18(17)2)29-26(32)25(20-10-12-21(28)13-11-20)30(24(31)15-27)16-19-7-5-8-22(14-19)33-3/h5,7-8,10-14,17-18,23,25H,4,6,9,15-16H2,1-3H3,(H,29,32)/t17-,18+,23+,25-/m0/s1. The van der Waals surface area contributed by atoms with Crippen molar-refractivity contribution >= 4 is 23.4 Å². The van der Waals surface area contributed by atoms with Gasteiger partial charge in [-0.1, -0.05) is 51.0 Å². The summed E-state index contributed by atoms with van der Waals surface area (Å²) in [6.45, 7) is 4.51. The van der Waals surface area contributed by atoms with E-state index < -0.39 is 11.9 Å². The summed E-state index contributed by atoms with van der Waals surface area (Å²) in [5, 5.41) is 3.19. The summed E-state index contributed by atoms with van der Waals surface area (Å²) in [7, 11) is 1.57. The van der Waals surface area contributed by atoms with E-state index in [4.69, 9.17) is 16.3 Å². The number of carbonyl (C=O) groups excluding carboxylic acids is 2. The maximum atomic E-state index is 13.7. The topological polar surface area (TPSA) is 58.6 Å². The molecule has 0 aliphatic heterocycles. The van der Waals surface area contributed by atoms with E-state index in [1.807, 2.05) is 24.3 Å². The highest BCUT2D eigenvalue weighted by Crippen LogP contribution is 2.31. The monoisotopic (exact) mass is 474 g/mol. The number of carbonyl (C=O) groups is 2. The van der Waals surface area contributed by atoms with E-state index in [-0.39, 0.29) is 30.3 Å². The fourth-order valence-corrected chi connectivity index (χ4v) is 4.69. The minimum atomic E-state index is -0.938. The van der Waals surface area contributed by atoms with Gasteiger partial charge in [0, 0.05) is 12.6 Å². The van der Waals surface area contributed by atoms with Crippen LogP contribution >= 0.6 is 11.6 Å². The lowest BCUT2D eigenvalue weighted by atomic mass is 9.78. The molecule has 0 unspecified atom stereocenters. The number of ether oxygens (including phenoxy) is 1. The number of halogens is 2. The van der Waals surface area contributed by atoms with Gasteiger partial charge in [-0.05, 0) is 53.6 Å². The lowest BCUT2D eigenvalue weighted by Crippen LogP contribution is -2.50. The van der Waals surface area contributed by atoms with Crippen molar-refractivity contribution in [3.63, 3.8) is 0 Å². The lowest BCUT2D eigenvalue weighted by Gasteiger charge is -2.37. The smallest absolute Gasteiger partial charge is 0.247 e. The Kier molecular flexibility index (Phi) is 8.73. The van der Waals surface area contributed by atoms with Gasteiger partial charge in [0.15, 0.2) is 0 Å². The van der Waals surface area contributed by atoms with Gasteiger partial charge >= 0.3 is 0 Å². The first-order chi connectivity index (χ1) is 15.8.